The molecule has 2 rings (SSSR count). The molecule has 1 fully saturated rings. The van der Waals surface area contributed by atoms with E-state index in [1.807, 2.05) is 0 Å². The standard InChI is InChI=1S/C18H31N3/c1-4-19-18(16-8-6-5-7-9-16)12-15-21-13-10-17(11-14-21)20(2)3/h5-9,17-19H,4,10-15H2,1-3H3. The van der Waals surface area contributed by atoms with E-state index < -0.39 is 0 Å². The highest BCUT2D eigenvalue weighted by atomic mass is 15.2. The Balaban J connectivity index is 1.80. The minimum atomic E-state index is 0.489. The number of hydrogen-bond acceptors (Lipinski definition) is 3. The first kappa shape index (κ1) is 16.5. The molecule has 1 aromatic carbocycles. The summed E-state index contributed by atoms with van der Waals surface area (Å²) in [4.78, 5) is 5.01. The molecular weight excluding hydrogens is 258 g/mol. The normalized spacial score (nSPS) is 19.0. The summed E-state index contributed by atoms with van der Waals surface area (Å²) >= 11 is 0. The monoisotopic (exact) mass is 289 g/mol. The first-order chi connectivity index (χ1) is 10.2. The van der Waals surface area contributed by atoms with Crippen molar-refractivity contribution < 1.29 is 0 Å². The lowest BCUT2D eigenvalue weighted by molar-refractivity contribution is 0.141. The van der Waals surface area contributed by atoms with E-state index in [0.29, 0.717) is 6.04 Å². The smallest absolute Gasteiger partial charge is 0.0332 e. The van der Waals surface area contributed by atoms with E-state index in [4.69, 9.17) is 0 Å². The second kappa shape index (κ2) is 8.52. The van der Waals surface area contributed by atoms with Crippen LogP contribution in [0.25, 0.3) is 0 Å². The molecule has 3 heteroatoms. The predicted molar refractivity (Wildman–Crippen MR) is 90.6 cm³/mol. The van der Waals surface area contributed by atoms with Gasteiger partial charge in [0.15, 0.2) is 0 Å². The molecule has 0 spiro atoms. The second-order valence-electron chi connectivity index (χ2n) is 6.35. The van der Waals surface area contributed by atoms with Gasteiger partial charge >= 0.3 is 0 Å². The molecule has 1 unspecified atom stereocenters. The molecule has 1 heterocycles. The van der Waals surface area contributed by atoms with Gasteiger partial charge in [0.05, 0.1) is 0 Å². The molecule has 0 amide bonds. The Hall–Kier alpha value is -0.900. The molecule has 1 saturated heterocycles. The lowest BCUT2D eigenvalue weighted by Gasteiger charge is -2.35. The summed E-state index contributed by atoms with van der Waals surface area (Å²) in [5.41, 5.74) is 1.42. The molecule has 0 radical (unpaired) electrons. The molecule has 1 aromatic rings. The molecule has 0 bridgehead atoms. The van der Waals surface area contributed by atoms with Gasteiger partial charge in [-0.25, -0.2) is 0 Å². The zero-order valence-electron chi connectivity index (χ0n) is 13.9. The van der Waals surface area contributed by atoms with E-state index in [1.165, 1.54) is 44.5 Å². The number of likely N-dealkylation sites (tertiary alicyclic amines) is 1. The number of nitrogens with one attached hydrogen (secondary N) is 1. The summed E-state index contributed by atoms with van der Waals surface area (Å²) in [6, 6.07) is 12.1. The van der Waals surface area contributed by atoms with Crippen LogP contribution in [0.15, 0.2) is 30.3 Å². The summed E-state index contributed by atoms with van der Waals surface area (Å²) in [5.74, 6) is 0. The molecule has 118 valence electrons. The Morgan fingerprint density at radius 1 is 1.19 bits per heavy atom. The van der Waals surface area contributed by atoms with Gasteiger partial charge < -0.3 is 15.1 Å². The van der Waals surface area contributed by atoms with Gasteiger partial charge in [0, 0.05) is 12.1 Å². The molecule has 0 aliphatic carbocycles. The number of piperidine rings is 1. The second-order valence-corrected chi connectivity index (χ2v) is 6.35. The van der Waals surface area contributed by atoms with Crippen LogP contribution in [0.4, 0.5) is 0 Å². The molecule has 1 aliphatic heterocycles. The molecule has 1 atom stereocenters. The molecule has 0 saturated carbocycles. The fraction of sp³-hybridized carbons (Fsp3) is 0.667. The zero-order chi connectivity index (χ0) is 15.1. The van der Waals surface area contributed by atoms with Crippen molar-refractivity contribution in [3.8, 4) is 0 Å². The van der Waals surface area contributed by atoms with Crippen LogP contribution >= 0.6 is 0 Å². The van der Waals surface area contributed by atoms with Crippen LogP contribution < -0.4 is 5.32 Å². The Morgan fingerprint density at radius 3 is 2.43 bits per heavy atom. The van der Waals surface area contributed by atoms with E-state index in [0.717, 1.165) is 12.6 Å². The van der Waals surface area contributed by atoms with Gasteiger partial charge in [0.1, 0.15) is 0 Å². The highest BCUT2D eigenvalue weighted by Gasteiger charge is 2.21. The molecule has 0 aromatic heterocycles. The maximum Gasteiger partial charge on any atom is 0.0332 e. The largest absolute Gasteiger partial charge is 0.310 e. The lowest BCUT2D eigenvalue weighted by Crippen LogP contribution is -2.42. The third-order valence-electron chi connectivity index (χ3n) is 4.67. The third kappa shape index (κ3) is 5.10. The van der Waals surface area contributed by atoms with Crippen LogP contribution in [0.2, 0.25) is 0 Å². The SMILES string of the molecule is CCNC(CCN1CCC(N(C)C)CC1)c1ccccc1. The summed E-state index contributed by atoms with van der Waals surface area (Å²) in [6.45, 7) is 6.92. The average Bonchev–Trinajstić information content (AvgIpc) is 2.52. The average molecular weight is 289 g/mol. The molecule has 3 nitrogen and oxygen atoms in total. The molecule has 21 heavy (non-hydrogen) atoms. The third-order valence-corrected chi connectivity index (χ3v) is 4.67. The minimum absolute atomic E-state index is 0.489. The van der Waals surface area contributed by atoms with E-state index in [1.54, 1.807) is 0 Å². The summed E-state index contributed by atoms with van der Waals surface area (Å²) < 4.78 is 0. The van der Waals surface area contributed by atoms with Crippen molar-refractivity contribution in [3.05, 3.63) is 35.9 Å². The van der Waals surface area contributed by atoms with Gasteiger partial charge in [-0.3, -0.25) is 0 Å². The van der Waals surface area contributed by atoms with Gasteiger partial charge in [-0.1, -0.05) is 37.3 Å². The minimum Gasteiger partial charge on any atom is -0.310 e. The van der Waals surface area contributed by atoms with Crippen LogP contribution in [0.1, 0.15) is 37.8 Å². The van der Waals surface area contributed by atoms with Crippen molar-refractivity contribution >= 4 is 0 Å². The van der Waals surface area contributed by atoms with Gasteiger partial charge in [0.25, 0.3) is 0 Å². The molecule has 1 aliphatic rings. The van der Waals surface area contributed by atoms with Crippen LogP contribution in [0, 0.1) is 0 Å². The topological polar surface area (TPSA) is 18.5 Å². The highest BCUT2D eigenvalue weighted by molar-refractivity contribution is 5.18. The quantitative estimate of drug-likeness (QED) is 0.833. The van der Waals surface area contributed by atoms with Crippen LogP contribution in [0.5, 0.6) is 0 Å². The van der Waals surface area contributed by atoms with Gasteiger partial charge in [-0.2, -0.15) is 0 Å². The van der Waals surface area contributed by atoms with Crippen LogP contribution in [0.3, 0.4) is 0 Å². The zero-order valence-corrected chi connectivity index (χ0v) is 13.9. The molecular formula is C18H31N3. The fourth-order valence-corrected chi connectivity index (χ4v) is 3.29. The Morgan fingerprint density at radius 2 is 1.86 bits per heavy atom. The van der Waals surface area contributed by atoms with Gasteiger partial charge in [0.2, 0.25) is 0 Å². The summed E-state index contributed by atoms with van der Waals surface area (Å²) in [6.07, 6.45) is 3.82. The van der Waals surface area contributed by atoms with E-state index in [9.17, 15) is 0 Å². The van der Waals surface area contributed by atoms with Crippen molar-refractivity contribution in [3.63, 3.8) is 0 Å². The highest BCUT2D eigenvalue weighted by Crippen LogP contribution is 2.19. The molecule has 1 N–H and O–H groups in total. The Labute approximate surface area is 130 Å². The lowest BCUT2D eigenvalue weighted by atomic mass is 10.0. The van der Waals surface area contributed by atoms with Crippen molar-refractivity contribution in [2.75, 3.05) is 40.3 Å². The van der Waals surface area contributed by atoms with Gasteiger partial charge in [-0.15, -0.1) is 0 Å². The number of hydrogen-bond donors (Lipinski definition) is 1. The van der Waals surface area contributed by atoms with Crippen molar-refractivity contribution in [1.82, 2.24) is 15.1 Å². The van der Waals surface area contributed by atoms with Crippen molar-refractivity contribution in [1.29, 1.82) is 0 Å². The predicted octanol–water partition coefficient (Wildman–Crippen LogP) is 2.75. The van der Waals surface area contributed by atoms with Crippen LogP contribution in [-0.2, 0) is 0 Å². The Bertz CT molecular complexity index is 383. The first-order valence-corrected chi connectivity index (χ1v) is 8.37. The van der Waals surface area contributed by atoms with Gasteiger partial charge in [-0.05, 0) is 65.1 Å². The number of benzene rings is 1. The van der Waals surface area contributed by atoms with Crippen molar-refractivity contribution in [2.45, 2.75) is 38.3 Å². The van der Waals surface area contributed by atoms with E-state index >= 15 is 0 Å². The summed E-state index contributed by atoms with van der Waals surface area (Å²) in [7, 11) is 4.41. The maximum atomic E-state index is 3.63. The Kier molecular flexibility index (Phi) is 6.68. The van der Waals surface area contributed by atoms with Crippen LogP contribution in [-0.4, -0.2) is 56.1 Å². The van der Waals surface area contributed by atoms with E-state index in [-0.39, 0.29) is 0 Å². The van der Waals surface area contributed by atoms with Crippen molar-refractivity contribution in [2.24, 2.45) is 0 Å². The maximum absolute atomic E-state index is 3.63. The fourth-order valence-electron chi connectivity index (χ4n) is 3.29. The summed E-state index contributed by atoms with van der Waals surface area (Å²) in [5, 5.41) is 3.63. The van der Waals surface area contributed by atoms with E-state index in [2.05, 4.69) is 66.5 Å². The first-order valence-electron chi connectivity index (χ1n) is 8.37. The number of nitrogens with zero attached hydrogens (tertiary/aromatic N) is 2. The number of rotatable bonds is 7.